The number of anilines is 1. The number of esters is 1. The first kappa shape index (κ1) is 19.1. The predicted molar refractivity (Wildman–Crippen MR) is 95.2 cm³/mol. The van der Waals surface area contributed by atoms with Crippen molar-refractivity contribution in [2.24, 2.45) is 0 Å². The summed E-state index contributed by atoms with van der Waals surface area (Å²) in [5, 5.41) is 2.55. The summed E-state index contributed by atoms with van der Waals surface area (Å²) in [5.41, 5.74) is 0.470. The van der Waals surface area contributed by atoms with Crippen LogP contribution in [-0.2, 0) is 9.47 Å². The van der Waals surface area contributed by atoms with E-state index < -0.39 is 23.8 Å². The highest BCUT2D eigenvalue weighted by molar-refractivity contribution is 9.10. The van der Waals surface area contributed by atoms with E-state index in [0.717, 1.165) is 16.6 Å². The molecule has 25 heavy (non-hydrogen) atoms. The highest BCUT2D eigenvalue weighted by atomic mass is 79.9. The number of halogens is 2. The average Bonchev–Trinajstić information content (AvgIpc) is 2.55. The molecule has 0 aromatic heterocycles. The topological polar surface area (TPSA) is 64.6 Å². The van der Waals surface area contributed by atoms with Crippen molar-refractivity contribution in [3.63, 3.8) is 0 Å². The second-order valence-electron chi connectivity index (χ2n) is 5.33. The van der Waals surface area contributed by atoms with Crippen LogP contribution in [0.3, 0.4) is 0 Å². The zero-order valence-electron chi connectivity index (χ0n) is 13.7. The van der Waals surface area contributed by atoms with Gasteiger partial charge in [0.15, 0.2) is 0 Å². The Morgan fingerprint density at radius 1 is 1.24 bits per heavy atom. The number of amides is 1. The van der Waals surface area contributed by atoms with E-state index in [9.17, 15) is 14.0 Å². The third kappa shape index (κ3) is 5.37. The van der Waals surface area contributed by atoms with Gasteiger partial charge in [0.25, 0.3) is 5.91 Å². The molecule has 0 aliphatic carbocycles. The van der Waals surface area contributed by atoms with Crippen molar-refractivity contribution in [2.75, 3.05) is 19.0 Å². The molecule has 2 aromatic rings. The van der Waals surface area contributed by atoms with Crippen LogP contribution in [0.4, 0.5) is 10.1 Å². The third-order valence-electron chi connectivity index (χ3n) is 3.25. The predicted octanol–water partition coefficient (Wildman–Crippen LogP) is 4.03. The Morgan fingerprint density at radius 2 is 2.00 bits per heavy atom. The van der Waals surface area contributed by atoms with E-state index in [4.69, 9.17) is 9.47 Å². The Kier molecular flexibility index (Phi) is 6.66. The van der Waals surface area contributed by atoms with Crippen molar-refractivity contribution in [3.8, 4) is 0 Å². The zero-order chi connectivity index (χ0) is 18.4. The first-order valence-corrected chi connectivity index (χ1v) is 8.26. The van der Waals surface area contributed by atoms with E-state index in [0.29, 0.717) is 5.56 Å². The standard InChI is InChI=1S/C18H17BrFNO4/c1-11(10-24-2)25-18(23)15-7-6-14(20)9-16(15)21-17(22)12-4-3-5-13(19)8-12/h3-9,11H,10H2,1-2H3,(H,21,22). The molecule has 0 bridgehead atoms. The molecule has 1 N–H and O–H groups in total. The molecule has 1 amide bonds. The summed E-state index contributed by atoms with van der Waals surface area (Å²) < 4.78 is 24.4. The summed E-state index contributed by atoms with van der Waals surface area (Å²) in [6, 6.07) is 10.2. The maximum absolute atomic E-state index is 13.6. The summed E-state index contributed by atoms with van der Waals surface area (Å²) >= 11 is 3.28. The van der Waals surface area contributed by atoms with Gasteiger partial charge in [0.1, 0.15) is 11.9 Å². The molecular formula is C18H17BrFNO4. The van der Waals surface area contributed by atoms with Gasteiger partial charge in [0, 0.05) is 17.1 Å². The van der Waals surface area contributed by atoms with Gasteiger partial charge in [-0.15, -0.1) is 0 Å². The molecule has 0 radical (unpaired) electrons. The van der Waals surface area contributed by atoms with Crippen LogP contribution >= 0.6 is 15.9 Å². The fourth-order valence-electron chi connectivity index (χ4n) is 2.14. The first-order valence-electron chi connectivity index (χ1n) is 7.47. The monoisotopic (exact) mass is 409 g/mol. The van der Waals surface area contributed by atoms with Gasteiger partial charge in [0.05, 0.1) is 17.9 Å². The minimum atomic E-state index is -0.672. The number of carbonyl (C=O) groups excluding carboxylic acids is 2. The molecule has 0 spiro atoms. The van der Waals surface area contributed by atoms with Crippen molar-refractivity contribution >= 4 is 33.5 Å². The van der Waals surface area contributed by atoms with Gasteiger partial charge >= 0.3 is 5.97 Å². The van der Waals surface area contributed by atoms with Crippen molar-refractivity contribution < 1.29 is 23.5 Å². The zero-order valence-corrected chi connectivity index (χ0v) is 15.3. The summed E-state index contributed by atoms with van der Waals surface area (Å²) in [6.07, 6.45) is -0.476. The molecule has 1 atom stereocenters. The average molecular weight is 410 g/mol. The molecule has 5 nitrogen and oxygen atoms in total. The van der Waals surface area contributed by atoms with Gasteiger partial charge < -0.3 is 14.8 Å². The molecule has 2 rings (SSSR count). The summed E-state index contributed by atoms with van der Waals surface area (Å²) in [4.78, 5) is 24.6. The van der Waals surface area contributed by atoms with Gasteiger partial charge in [-0.1, -0.05) is 22.0 Å². The maximum Gasteiger partial charge on any atom is 0.340 e. The van der Waals surface area contributed by atoms with Gasteiger partial charge in [-0.3, -0.25) is 4.79 Å². The maximum atomic E-state index is 13.6. The lowest BCUT2D eigenvalue weighted by Crippen LogP contribution is -2.21. The molecule has 0 saturated heterocycles. The van der Waals surface area contributed by atoms with Crippen LogP contribution in [0, 0.1) is 5.82 Å². The quantitative estimate of drug-likeness (QED) is 0.731. The normalized spacial score (nSPS) is 11.7. The Morgan fingerprint density at radius 3 is 2.68 bits per heavy atom. The van der Waals surface area contributed by atoms with Crippen LogP contribution in [0.5, 0.6) is 0 Å². The number of rotatable bonds is 6. The number of benzene rings is 2. The molecule has 0 saturated carbocycles. The van der Waals surface area contributed by atoms with E-state index in [1.807, 2.05) is 0 Å². The summed E-state index contributed by atoms with van der Waals surface area (Å²) in [7, 11) is 1.49. The lowest BCUT2D eigenvalue weighted by atomic mass is 10.1. The largest absolute Gasteiger partial charge is 0.457 e. The smallest absolute Gasteiger partial charge is 0.340 e. The Labute approximate surface area is 153 Å². The molecule has 0 aliphatic rings. The van der Waals surface area contributed by atoms with E-state index in [1.54, 1.807) is 31.2 Å². The number of nitrogens with one attached hydrogen (secondary N) is 1. The van der Waals surface area contributed by atoms with Crippen molar-refractivity contribution in [1.29, 1.82) is 0 Å². The second-order valence-corrected chi connectivity index (χ2v) is 6.24. The molecule has 0 aliphatic heterocycles. The summed E-state index contributed by atoms with van der Waals surface area (Å²) in [6.45, 7) is 1.90. The van der Waals surface area contributed by atoms with E-state index >= 15 is 0 Å². The fraction of sp³-hybridized carbons (Fsp3) is 0.222. The van der Waals surface area contributed by atoms with Gasteiger partial charge in [-0.05, 0) is 43.3 Å². The number of hydrogen-bond donors (Lipinski definition) is 1. The molecule has 1 unspecified atom stereocenters. The lowest BCUT2D eigenvalue weighted by molar-refractivity contribution is 0.0121. The fourth-order valence-corrected chi connectivity index (χ4v) is 2.54. The van der Waals surface area contributed by atoms with Crippen molar-refractivity contribution in [1.82, 2.24) is 0 Å². The van der Waals surface area contributed by atoms with Crippen LogP contribution in [-0.4, -0.2) is 31.7 Å². The van der Waals surface area contributed by atoms with E-state index in [-0.39, 0.29) is 17.9 Å². The van der Waals surface area contributed by atoms with Crippen LogP contribution in [0.2, 0.25) is 0 Å². The Hall–Kier alpha value is -2.25. The number of ether oxygens (including phenoxy) is 2. The van der Waals surface area contributed by atoms with Gasteiger partial charge in [-0.25, -0.2) is 9.18 Å². The first-order chi connectivity index (χ1) is 11.9. The van der Waals surface area contributed by atoms with Crippen molar-refractivity contribution in [2.45, 2.75) is 13.0 Å². The van der Waals surface area contributed by atoms with Crippen LogP contribution in [0.25, 0.3) is 0 Å². The molecule has 0 heterocycles. The number of methoxy groups -OCH3 is 1. The highest BCUT2D eigenvalue weighted by Gasteiger charge is 2.18. The Bertz CT molecular complexity index is 781. The van der Waals surface area contributed by atoms with Crippen LogP contribution < -0.4 is 5.32 Å². The van der Waals surface area contributed by atoms with Crippen molar-refractivity contribution in [3.05, 3.63) is 63.9 Å². The summed E-state index contributed by atoms with van der Waals surface area (Å²) in [5.74, 6) is -1.72. The minimum absolute atomic E-state index is 0.0413. The highest BCUT2D eigenvalue weighted by Crippen LogP contribution is 2.21. The minimum Gasteiger partial charge on any atom is -0.457 e. The van der Waals surface area contributed by atoms with Crippen LogP contribution in [0.15, 0.2) is 46.9 Å². The molecule has 2 aromatic carbocycles. The lowest BCUT2D eigenvalue weighted by Gasteiger charge is -2.15. The second kappa shape index (κ2) is 8.73. The third-order valence-corrected chi connectivity index (χ3v) is 3.74. The van der Waals surface area contributed by atoms with Crippen LogP contribution in [0.1, 0.15) is 27.6 Å². The SMILES string of the molecule is COCC(C)OC(=O)c1ccc(F)cc1NC(=O)c1cccc(Br)c1. The van der Waals surface area contributed by atoms with E-state index in [1.165, 1.54) is 13.2 Å². The number of hydrogen-bond acceptors (Lipinski definition) is 4. The van der Waals surface area contributed by atoms with Gasteiger partial charge in [0.2, 0.25) is 0 Å². The molecule has 0 fully saturated rings. The number of carbonyl (C=O) groups is 2. The Balaban J connectivity index is 2.23. The van der Waals surface area contributed by atoms with E-state index in [2.05, 4.69) is 21.2 Å². The molecular weight excluding hydrogens is 393 g/mol. The molecule has 7 heteroatoms. The molecule has 132 valence electrons. The van der Waals surface area contributed by atoms with Gasteiger partial charge in [-0.2, -0.15) is 0 Å².